The molecule has 1 aromatic rings. The van der Waals surface area contributed by atoms with Crippen LogP contribution in [0.4, 0.5) is 0 Å². The molecule has 4 heteroatoms. The van der Waals surface area contributed by atoms with E-state index in [1.807, 2.05) is 0 Å². The van der Waals surface area contributed by atoms with Gasteiger partial charge in [0.1, 0.15) is 5.01 Å². The van der Waals surface area contributed by atoms with Crippen LogP contribution in [0.3, 0.4) is 0 Å². The summed E-state index contributed by atoms with van der Waals surface area (Å²) in [4.78, 5) is 7.12. The number of rotatable bonds is 5. The second-order valence-electron chi connectivity index (χ2n) is 7.79. The Morgan fingerprint density at radius 2 is 1.85 bits per heavy atom. The van der Waals surface area contributed by atoms with E-state index in [0.29, 0.717) is 11.5 Å². The molecule has 0 bridgehead atoms. The van der Waals surface area contributed by atoms with Crippen molar-refractivity contribution >= 4 is 11.3 Å². The van der Waals surface area contributed by atoms with Crippen LogP contribution in [0, 0.1) is 5.41 Å². The first-order valence-electron chi connectivity index (χ1n) is 7.37. The number of hydrogen-bond acceptors (Lipinski definition) is 4. The van der Waals surface area contributed by atoms with Gasteiger partial charge in [-0.15, -0.1) is 11.3 Å². The van der Waals surface area contributed by atoms with Crippen LogP contribution in [0.5, 0.6) is 0 Å². The topological polar surface area (TPSA) is 28.2 Å². The van der Waals surface area contributed by atoms with Crippen LogP contribution in [-0.4, -0.2) is 28.5 Å². The van der Waals surface area contributed by atoms with Gasteiger partial charge in [0.25, 0.3) is 0 Å². The summed E-state index contributed by atoms with van der Waals surface area (Å²) in [7, 11) is 2.18. The van der Waals surface area contributed by atoms with Gasteiger partial charge in [0, 0.05) is 30.1 Å². The fraction of sp³-hybridized carbons (Fsp3) is 0.812. The fourth-order valence-electron chi connectivity index (χ4n) is 1.90. The number of aromatic nitrogens is 1. The van der Waals surface area contributed by atoms with E-state index in [1.165, 1.54) is 10.7 Å². The Labute approximate surface area is 128 Å². The monoisotopic (exact) mass is 297 g/mol. The van der Waals surface area contributed by atoms with Gasteiger partial charge in [-0.3, -0.25) is 4.90 Å². The van der Waals surface area contributed by atoms with E-state index in [-0.39, 0.29) is 5.54 Å². The van der Waals surface area contributed by atoms with Crippen LogP contribution >= 0.6 is 11.3 Å². The quantitative estimate of drug-likeness (QED) is 0.893. The zero-order chi connectivity index (χ0) is 15.6. The van der Waals surface area contributed by atoms with Crippen LogP contribution in [0.25, 0.3) is 0 Å². The summed E-state index contributed by atoms with van der Waals surface area (Å²) in [6.07, 6.45) is 0. The van der Waals surface area contributed by atoms with Gasteiger partial charge in [0.15, 0.2) is 0 Å². The molecule has 0 aliphatic rings. The molecule has 1 unspecified atom stereocenters. The van der Waals surface area contributed by atoms with Gasteiger partial charge >= 0.3 is 0 Å². The summed E-state index contributed by atoms with van der Waals surface area (Å²) in [5.74, 6) is 0. The average Bonchev–Trinajstić information content (AvgIpc) is 2.71. The van der Waals surface area contributed by atoms with Crippen molar-refractivity contribution < 1.29 is 0 Å². The van der Waals surface area contributed by atoms with E-state index in [4.69, 9.17) is 4.98 Å². The highest BCUT2D eigenvalue weighted by molar-refractivity contribution is 7.09. The Bertz CT molecular complexity index is 412. The van der Waals surface area contributed by atoms with E-state index >= 15 is 0 Å². The van der Waals surface area contributed by atoms with Crippen LogP contribution in [0.2, 0.25) is 0 Å². The van der Waals surface area contributed by atoms with Crippen molar-refractivity contribution in [1.82, 2.24) is 15.2 Å². The highest BCUT2D eigenvalue weighted by Crippen LogP contribution is 2.24. The van der Waals surface area contributed by atoms with E-state index in [2.05, 4.69) is 71.1 Å². The second-order valence-corrected chi connectivity index (χ2v) is 8.74. The molecule has 20 heavy (non-hydrogen) atoms. The smallest absolute Gasteiger partial charge is 0.107 e. The molecule has 116 valence electrons. The van der Waals surface area contributed by atoms with E-state index < -0.39 is 0 Å². The minimum Gasteiger partial charge on any atom is -0.306 e. The van der Waals surface area contributed by atoms with Crippen molar-refractivity contribution in [2.75, 3.05) is 7.05 Å². The van der Waals surface area contributed by atoms with Gasteiger partial charge in [0.2, 0.25) is 0 Å². The number of nitrogens with one attached hydrogen (secondary N) is 1. The SMILES string of the molecule is CC(N(C)Cc1csc(CNC(C)(C)C)n1)C(C)(C)C. The Morgan fingerprint density at radius 3 is 2.35 bits per heavy atom. The van der Waals surface area contributed by atoms with Gasteiger partial charge in [0.05, 0.1) is 5.69 Å². The van der Waals surface area contributed by atoms with E-state index in [0.717, 1.165) is 13.1 Å². The van der Waals surface area contributed by atoms with Gasteiger partial charge in [-0.05, 0) is 40.2 Å². The Balaban J connectivity index is 2.56. The maximum Gasteiger partial charge on any atom is 0.107 e. The molecule has 1 aromatic heterocycles. The minimum absolute atomic E-state index is 0.142. The maximum absolute atomic E-state index is 4.73. The predicted octanol–water partition coefficient (Wildman–Crippen LogP) is 3.90. The lowest BCUT2D eigenvalue weighted by Crippen LogP contribution is -2.38. The van der Waals surface area contributed by atoms with Crippen LogP contribution in [0.1, 0.15) is 59.2 Å². The van der Waals surface area contributed by atoms with Crippen LogP contribution in [-0.2, 0) is 13.1 Å². The molecular formula is C16H31N3S. The average molecular weight is 298 g/mol. The summed E-state index contributed by atoms with van der Waals surface area (Å²) in [6, 6.07) is 0.528. The van der Waals surface area contributed by atoms with Crippen molar-refractivity contribution in [3.05, 3.63) is 16.1 Å². The lowest BCUT2D eigenvalue weighted by atomic mass is 9.87. The normalized spacial score (nSPS) is 14.8. The number of hydrogen-bond donors (Lipinski definition) is 1. The molecule has 0 aliphatic carbocycles. The predicted molar refractivity (Wildman–Crippen MR) is 89.1 cm³/mol. The lowest BCUT2D eigenvalue weighted by molar-refractivity contribution is 0.133. The lowest BCUT2D eigenvalue weighted by Gasteiger charge is -2.35. The Morgan fingerprint density at radius 1 is 1.25 bits per heavy atom. The first-order valence-corrected chi connectivity index (χ1v) is 8.25. The third kappa shape index (κ3) is 5.90. The minimum atomic E-state index is 0.142. The number of nitrogens with zero attached hydrogens (tertiary/aromatic N) is 2. The summed E-state index contributed by atoms with van der Waals surface area (Å²) in [5.41, 5.74) is 1.62. The van der Waals surface area contributed by atoms with Crippen LogP contribution < -0.4 is 5.32 Å². The van der Waals surface area contributed by atoms with Gasteiger partial charge in [-0.1, -0.05) is 20.8 Å². The molecule has 0 saturated carbocycles. The van der Waals surface area contributed by atoms with Crippen molar-refractivity contribution in [3.63, 3.8) is 0 Å². The Kier molecular flexibility index (Phi) is 5.76. The van der Waals surface area contributed by atoms with Crippen molar-refractivity contribution in [1.29, 1.82) is 0 Å². The molecule has 1 N–H and O–H groups in total. The second kappa shape index (κ2) is 6.54. The molecule has 1 rings (SSSR count). The largest absolute Gasteiger partial charge is 0.306 e. The third-order valence-electron chi connectivity index (χ3n) is 3.70. The van der Waals surface area contributed by atoms with E-state index in [1.54, 1.807) is 11.3 Å². The summed E-state index contributed by atoms with van der Waals surface area (Å²) < 4.78 is 0. The zero-order valence-corrected chi connectivity index (χ0v) is 15.2. The first-order chi connectivity index (χ1) is 8.99. The molecule has 0 aliphatic heterocycles. The molecule has 0 fully saturated rings. The van der Waals surface area contributed by atoms with Gasteiger partial charge in [-0.2, -0.15) is 0 Å². The van der Waals surface area contributed by atoms with Crippen LogP contribution in [0.15, 0.2) is 5.38 Å². The van der Waals surface area contributed by atoms with Crippen molar-refractivity contribution in [2.24, 2.45) is 5.41 Å². The third-order valence-corrected chi connectivity index (χ3v) is 4.59. The molecule has 1 atom stereocenters. The standard InChI is InChI=1S/C16H31N3S/c1-12(15(2,3)4)19(8)10-13-11-20-14(18-13)9-17-16(5,6)7/h11-12,17H,9-10H2,1-8H3. The molecule has 0 radical (unpaired) electrons. The number of thiazole rings is 1. The molecular weight excluding hydrogens is 266 g/mol. The molecule has 0 amide bonds. The summed E-state index contributed by atoms with van der Waals surface area (Å²) in [6.45, 7) is 17.5. The first kappa shape index (κ1) is 17.6. The molecule has 0 spiro atoms. The molecule has 0 saturated heterocycles. The van der Waals surface area contributed by atoms with Crippen molar-refractivity contribution in [2.45, 2.75) is 73.1 Å². The Hall–Kier alpha value is -0.450. The highest BCUT2D eigenvalue weighted by Gasteiger charge is 2.24. The highest BCUT2D eigenvalue weighted by atomic mass is 32.1. The summed E-state index contributed by atoms with van der Waals surface area (Å²) >= 11 is 1.75. The summed E-state index contributed by atoms with van der Waals surface area (Å²) in [5, 5.41) is 6.85. The zero-order valence-electron chi connectivity index (χ0n) is 14.4. The fourth-order valence-corrected chi connectivity index (χ4v) is 2.62. The molecule has 3 nitrogen and oxygen atoms in total. The molecule has 0 aromatic carbocycles. The van der Waals surface area contributed by atoms with Gasteiger partial charge in [-0.25, -0.2) is 4.98 Å². The van der Waals surface area contributed by atoms with E-state index in [9.17, 15) is 0 Å². The van der Waals surface area contributed by atoms with Crippen molar-refractivity contribution in [3.8, 4) is 0 Å². The van der Waals surface area contributed by atoms with Gasteiger partial charge < -0.3 is 5.32 Å². The maximum atomic E-state index is 4.73. The molecule has 1 heterocycles.